The van der Waals surface area contributed by atoms with Gasteiger partial charge in [-0.1, -0.05) is 29.5 Å². The van der Waals surface area contributed by atoms with E-state index in [9.17, 15) is 9.59 Å². The lowest BCUT2D eigenvalue weighted by molar-refractivity contribution is -0.126. The van der Waals surface area contributed by atoms with Gasteiger partial charge in [-0.2, -0.15) is 0 Å². The van der Waals surface area contributed by atoms with Crippen LogP contribution in [0.2, 0.25) is 0 Å². The van der Waals surface area contributed by atoms with Crippen molar-refractivity contribution in [2.45, 2.75) is 20.3 Å². The number of pyridine rings is 1. The monoisotopic (exact) mass is 411 g/mol. The maximum Gasteiger partial charge on any atom is 0.229 e. The Morgan fingerprint density at radius 1 is 1.28 bits per heavy atom. The first-order valence-electron chi connectivity index (χ1n) is 9.38. The molecule has 0 bridgehead atoms. The standard InChI is InChI=1S/C20H21N5O3S/c1-12-6-7-14-4-3-5-16(18(14)22-12)28-9-8-21-19(27)15-10-17(26)25(11-15)20-24-23-13(2)29-20/h3-7,15H,8-11H2,1-2H3,(H,21,27). The molecule has 0 spiro atoms. The second-order valence-electron chi connectivity index (χ2n) is 6.93. The van der Waals surface area contributed by atoms with E-state index in [-0.39, 0.29) is 18.2 Å². The molecule has 1 saturated heterocycles. The number of benzene rings is 1. The van der Waals surface area contributed by atoms with E-state index in [2.05, 4.69) is 20.5 Å². The first-order valence-corrected chi connectivity index (χ1v) is 10.2. The van der Waals surface area contributed by atoms with Crippen molar-refractivity contribution in [1.29, 1.82) is 0 Å². The quantitative estimate of drug-likeness (QED) is 0.625. The molecule has 3 heterocycles. The number of carbonyl (C=O) groups is 2. The van der Waals surface area contributed by atoms with Crippen LogP contribution in [0.25, 0.3) is 10.9 Å². The Bertz CT molecular complexity index is 1070. The van der Waals surface area contributed by atoms with E-state index in [4.69, 9.17) is 4.74 Å². The van der Waals surface area contributed by atoms with Crippen molar-refractivity contribution in [3.8, 4) is 5.75 Å². The van der Waals surface area contributed by atoms with Crippen LogP contribution in [0.1, 0.15) is 17.1 Å². The molecule has 8 nitrogen and oxygen atoms in total. The Hall–Kier alpha value is -3.07. The lowest BCUT2D eigenvalue weighted by atomic mass is 10.1. The zero-order chi connectivity index (χ0) is 20.4. The molecule has 9 heteroatoms. The number of rotatable bonds is 6. The summed E-state index contributed by atoms with van der Waals surface area (Å²) in [6, 6.07) is 9.74. The van der Waals surface area contributed by atoms with Crippen molar-refractivity contribution in [2.75, 3.05) is 24.6 Å². The van der Waals surface area contributed by atoms with Crippen molar-refractivity contribution >= 4 is 39.2 Å². The van der Waals surface area contributed by atoms with Gasteiger partial charge >= 0.3 is 0 Å². The Balaban J connectivity index is 1.30. The highest BCUT2D eigenvalue weighted by molar-refractivity contribution is 7.15. The van der Waals surface area contributed by atoms with E-state index in [0.29, 0.717) is 30.6 Å². The van der Waals surface area contributed by atoms with Gasteiger partial charge in [-0.3, -0.25) is 14.5 Å². The summed E-state index contributed by atoms with van der Waals surface area (Å²) >= 11 is 1.35. The predicted molar refractivity (Wildman–Crippen MR) is 110 cm³/mol. The second-order valence-corrected chi connectivity index (χ2v) is 8.09. The van der Waals surface area contributed by atoms with E-state index < -0.39 is 5.92 Å². The summed E-state index contributed by atoms with van der Waals surface area (Å²) in [4.78, 5) is 30.7. The van der Waals surface area contributed by atoms with E-state index >= 15 is 0 Å². The summed E-state index contributed by atoms with van der Waals surface area (Å²) in [5.41, 5.74) is 1.73. The lowest BCUT2D eigenvalue weighted by Crippen LogP contribution is -2.35. The molecule has 150 valence electrons. The van der Waals surface area contributed by atoms with Crippen LogP contribution in [0.4, 0.5) is 5.13 Å². The lowest BCUT2D eigenvalue weighted by Gasteiger charge is -2.13. The number of nitrogens with zero attached hydrogens (tertiary/aromatic N) is 4. The molecule has 2 amide bonds. The zero-order valence-electron chi connectivity index (χ0n) is 16.2. The minimum Gasteiger partial charge on any atom is -0.489 e. The number of aryl methyl sites for hydroxylation is 2. The van der Waals surface area contributed by atoms with Gasteiger partial charge in [0.2, 0.25) is 16.9 Å². The van der Waals surface area contributed by atoms with Crippen LogP contribution in [-0.4, -0.2) is 46.7 Å². The van der Waals surface area contributed by atoms with Gasteiger partial charge < -0.3 is 10.1 Å². The number of para-hydroxylation sites is 1. The number of fused-ring (bicyclic) bond motifs is 1. The summed E-state index contributed by atoms with van der Waals surface area (Å²) in [6.07, 6.45) is 0.178. The molecule has 2 aromatic heterocycles. The Morgan fingerprint density at radius 2 is 2.14 bits per heavy atom. The van der Waals surface area contributed by atoms with Crippen LogP contribution in [-0.2, 0) is 9.59 Å². The van der Waals surface area contributed by atoms with Crippen molar-refractivity contribution in [3.05, 3.63) is 41.0 Å². The second kappa shape index (κ2) is 8.12. The normalized spacial score (nSPS) is 16.4. The average Bonchev–Trinajstić information content (AvgIpc) is 3.30. The molecule has 1 aliphatic rings. The van der Waals surface area contributed by atoms with Crippen LogP contribution in [0, 0.1) is 19.8 Å². The van der Waals surface area contributed by atoms with Gasteiger partial charge in [0.15, 0.2) is 0 Å². The third kappa shape index (κ3) is 4.19. The molecule has 1 atom stereocenters. The van der Waals surface area contributed by atoms with Gasteiger partial charge in [-0.25, -0.2) is 4.98 Å². The van der Waals surface area contributed by atoms with Gasteiger partial charge in [-0.05, 0) is 26.0 Å². The number of carbonyl (C=O) groups excluding carboxylic acids is 2. The topological polar surface area (TPSA) is 97.3 Å². The number of anilines is 1. The molecule has 29 heavy (non-hydrogen) atoms. The molecular formula is C20H21N5O3S. The zero-order valence-corrected chi connectivity index (χ0v) is 17.0. The number of nitrogens with one attached hydrogen (secondary N) is 1. The highest BCUT2D eigenvalue weighted by Crippen LogP contribution is 2.27. The van der Waals surface area contributed by atoms with Gasteiger partial charge in [-0.15, -0.1) is 10.2 Å². The van der Waals surface area contributed by atoms with Crippen LogP contribution in [0.5, 0.6) is 5.75 Å². The van der Waals surface area contributed by atoms with Gasteiger partial charge in [0.05, 0.1) is 12.5 Å². The maximum atomic E-state index is 12.5. The van der Waals surface area contributed by atoms with Crippen LogP contribution in [0.15, 0.2) is 30.3 Å². The van der Waals surface area contributed by atoms with Crippen molar-refractivity contribution in [1.82, 2.24) is 20.5 Å². The number of ether oxygens (including phenoxy) is 1. The van der Waals surface area contributed by atoms with E-state index in [1.54, 1.807) is 0 Å². The molecule has 1 unspecified atom stereocenters. The third-order valence-corrected chi connectivity index (χ3v) is 5.59. The van der Waals surface area contributed by atoms with Crippen molar-refractivity contribution < 1.29 is 14.3 Å². The summed E-state index contributed by atoms with van der Waals surface area (Å²) in [5, 5.41) is 13.1. The molecule has 0 aliphatic carbocycles. The molecule has 0 saturated carbocycles. The molecule has 1 aliphatic heterocycles. The predicted octanol–water partition coefficient (Wildman–Crippen LogP) is 2.25. The Kier molecular flexibility index (Phi) is 5.39. The highest BCUT2D eigenvalue weighted by Gasteiger charge is 2.36. The fourth-order valence-corrected chi connectivity index (χ4v) is 3.99. The number of amides is 2. The third-order valence-electron chi connectivity index (χ3n) is 4.72. The summed E-state index contributed by atoms with van der Waals surface area (Å²) in [6.45, 7) is 4.77. The largest absolute Gasteiger partial charge is 0.489 e. The van der Waals surface area contributed by atoms with Crippen LogP contribution >= 0.6 is 11.3 Å². The summed E-state index contributed by atoms with van der Waals surface area (Å²) in [7, 11) is 0. The van der Waals surface area contributed by atoms with E-state index in [1.807, 2.05) is 44.2 Å². The fraction of sp³-hybridized carbons (Fsp3) is 0.350. The molecule has 3 aromatic rings. The van der Waals surface area contributed by atoms with Gasteiger partial charge in [0.25, 0.3) is 0 Å². The first-order chi connectivity index (χ1) is 14.0. The first kappa shape index (κ1) is 19.3. The Morgan fingerprint density at radius 3 is 2.93 bits per heavy atom. The minimum absolute atomic E-state index is 0.102. The SMILES string of the molecule is Cc1ccc2cccc(OCCNC(=O)C3CC(=O)N(c4nnc(C)s4)C3)c2n1. The molecule has 1 N–H and O–H groups in total. The Labute approximate surface area is 171 Å². The molecule has 1 aromatic carbocycles. The average molecular weight is 411 g/mol. The van der Waals surface area contributed by atoms with Crippen molar-refractivity contribution in [2.24, 2.45) is 5.92 Å². The molecule has 1 fully saturated rings. The van der Waals surface area contributed by atoms with Crippen LogP contribution < -0.4 is 15.0 Å². The number of aromatic nitrogens is 3. The minimum atomic E-state index is -0.395. The fourth-order valence-electron chi connectivity index (χ4n) is 3.28. The van der Waals surface area contributed by atoms with Gasteiger partial charge in [0.1, 0.15) is 22.9 Å². The smallest absolute Gasteiger partial charge is 0.229 e. The van der Waals surface area contributed by atoms with Crippen molar-refractivity contribution in [3.63, 3.8) is 0 Å². The van der Waals surface area contributed by atoms with Crippen LogP contribution in [0.3, 0.4) is 0 Å². The molecular weight excluding hydrogens is 390 g/mol. The summed E-state index contributed by atoms with van der Waals surface area (Å²) in [5.74, 6) is 0.0372. The summed E-state index contributed by atoms with van der Waals surface area (Å²) < 4.78 is 5.83. The van der Waals surface area contributed by atoms with E-state index in [0.717, 1.165) is 21.6 Å². The maximum absolute atomic E-state index is 12.5. The number of hydrogen-bond acceptors (Lipinski definition) is 7. The number of hydrogen-bond donors (Lipinski definition) is 1. The highest BCUT2D eigenvalue weighted by atomic mass is 32.1. The van der Waals surface area contributed by atoms with Gasteiger partial charge in [0, 0.05) is 24.0 Å². The molecule has 4 rings (SSSR count). The molecule has 0 radical (unpaired) electrons. The van der Waals surface area contributed by atoms with E-state index in [1.165, 1.54) is 16.2 Å².